The number of sulfonamides is 1. The fourth-order valence-electron chi connectivity index (χ4n) is 1.59. The van der Waals surface area contributed by atoms with Crippen LogP contribution in [0.1, 0.15) is 0 Å². The average Bonchev–Trinajstić information content (AvgIpc) is 2.83. The van der Waals surface area contributed by atoms with Gasteiger partial charge in [-0.25, -0.2) is 8.42 Å². The lowest BCUT2D eigenvalue weighted by Crippen LogP contribution is -2.47. The SMILES string of the molecule is Cl.NCC1CN(S(=O)(=O)c2ccco2)CCO1. The van der Waals surface area contributed by atoms with E-state index in [9.17, 15) is 8.42 Å². The maximum atomic E-state index is 12.0. The molecule has 1 aromatic rings. The molecule has 0 amide bonds. The smallest absolute Gasteiger partial charge is 0.276 e. The second-order valence-corrected chi connectivity index (χ2v) is 5.39. The minimum Gasteiger partial charge on any atom is -0.452 e. The minimum atomic E-state index is -3.53. The van der Waals surface area contributed by atoms with Crippen molar-refractivity contribution >= 4 is 22.4 Å². The fourth-order valence-corrected chi connectivity index (χ4v) is 2.95. The van der Waals surface area contributed by atoms with Crippen molar-refractivity contribution < 1.29 is 17.6 Å². The van der Waals surface area contributed by atoms with Gasteiger partial charge in [-0.15, -0.1) is 12.4 Å². The van der Waals surface area contributed by atoms with Gasteiger partial charge >= 0.3 is 0 Å². The highest BCUT2D eigenvalue weighted by atomic mass is 35.5. The number of hydrogen-bond donors (Lipinski definition) is 1. The summed E-state index contributed by atoms with van der Waals surface area (Å²) >= 11 is 0. The standard InChI is InChI=1S/C9H14N2O4S.ClH/c10-6-8-7-11(3-5-14-8)16(12,13)9-2-1-4-15-9;/h1-2,4,8H,3,5-7,10H2;1H. The van der Waals surface area contributed by atoms with E-state index in [0.717, 1.165) is 0 Å². The van der Waals surface area contributed by atoms with Crippen molar-refractivity contribution in [1.29, 1.82) is 0 Å². The van der Waals surface area contributed by atoms with Crippen molar-refractivity contribution in [2.75, 3.05) is 26.2 Å². The molecule has 1 aliphatic rings. The number of ether oxygens (including phenoxy) is 1. The normalized spacial score (nSPS) is 22.1. The van der Waals surface area contributed by atoms with Crippen molar-refractivity contribution in [2.24, 2.45) is 5.73 Å². The summed E-state index contributed by atoms with van der Waals surface area (Å²) in [5, 5.41) is -0.0369. The highest BCUT2D eigenvalue weighted by molar-refractivity contribution is 7.89. The maximum Gasteiger partial charge on any atom is 0.276 e. The molecule has 98 valence electrons. The number of nitrogens with zero attached hydrogens (tertiary/aromatic N) is 1. The first-order valence-electron chi connectivity index (χ1n) is 5.00. The summed E-state index contributed by atoms with van der Waals surface area (Å²) in [5.41, 5.74) is 5.46. The van der Waals surface area contributed by atoms with E-state index in [2.05, 4.69) is 0 Å². The van der Waals surface area contributed by atoms with Crippen molar-refractivity contribution in [3.05, 3.63) is 18.4 Å². The van der Waals surface area contributed by atoms with Crippen LogP contribution in [0.15, 0.2) is 27.9 Å². The molecule has 0 bridgehead atoms. The quantitative estimate of drug-likeness (QED) is 0.847. The third-order valence-corrected chi connectivity index (χ3v) is 4.21. The van der Waals surface area contributed by atoms with E-state index in [1.54, 1.807) is 6.07 Å². The van der Waals surface area contributed by atoms with Crippen LogP contribution in [0.4, 0.5) is 0 Å². The molecule has 0 aromatic carbocycles. The molecule has 1 atom stereocenters. The second kappa shape index (κ2) is 5.83. The van der Waals surface area contributed by atoms with Crippen LogP contribution < -0.4 is 5.73 Å². The van der Waals surface area contributed by atoms with Crippen molar-refractivity contribution in [2.45, 2.75) is 11.2 Å². The van der Waals surface area contributed by atoms with Crippen LogP contribution in [-0.2, 0) is 14.8 Å². The van der Waals surface area contributed by atoms with Crippen LogP contribution in [0.3, 0.4) is 0 Å². The monoisotopic (exact) mass is 282 g/mol. The largest absolute Gasteiger partial charge is 0.452 e. The maximum absolute atomic E-state index is 12.0. The van der Waals surface area contributed by atoms with Gasteiger partial charge in [0.15, 0.2) is 0 Å². The molecule has 6 nitrogen and oxygen atoms in total. The van der Waals surface area contributed by atoms with Gasteiger partial charge < -0.3 is 14.9 Å². The summed E-state index contributed by atoms with van der Waals surface area (Å²) in [5.74, 6) is 0. The summed E-state index contributed by atoms with van der Waals surface area (Å²) in [6, 6.07) is 2.98. The molecular formula is C9H15ClN2O4S. The predicted octanol–water partition coefficient (Wildman–Crippen LogP) is 0.0496. The molecule has 1 aromatic heterocycles. The van der Waals surface area contributed by atoms with Gasteiger partial charge in [-0.1, -0.05) is 0 Å². The summed E-state index contributed by atoms with van der Waals surface area (Å²) < 4.78 is 35.7. The Bertz CT molecular complexity index is 434. The molecule has 1 fully saturated rings. The Hall–Kier alpha value is -0.600. The van der Waals surface area contributed by atoms with E-state index < -0.39 is 10.0 Å². The zero-order chi connectivity index (χ0) is 11.6. The number of morpholine rings is 1. The Morgan fingerprint density at radius 3 is 2.88 bits per heavy atom. The van der Waals surface area contributed by atoms with E-state index in [1.165, 1.54) is 16.6 Å². The second-order valence-electron chi connectivity index (χ2n) is 3.52. The molecule has 8 heteroatoms. The molecule has 0 radical (unpaired) electrons. The number of rotatable bonds is 3. The lowest BCUT2D eigenvalue weighted by atomic mass is 10.3. The summed E-state index contributed by atoms with van der Waals surface area (Å²) in [6.07, 6.45) is 1.10. The Kier molecular flexibility index (Phi) is 4.96. The van der Waals surface area contributed by atoms with Gasteiger partial charge in [-0.2, -0.15) is 4.31 Å². The van der Waals surface area contributed by atoms with Gasteiger partial charge in [-0.05, 0) is 12.1 Å². The summed E-state index contributed by atoms with van der Waals surface area (Å²) in [6.45, 7) is 1.28. The molecule has 0 saturated carbocycles. The van der Waals surface area contributed by atoms with Gasteiger partial charge in [0.05, 0.1) is 19.0 Å². The van der Waals surface area contributed by atoms with Gasteiger partial charge in [0.1, 0.15) is 0 Å². The molecule has 0 spiro atoms. The van der Waals surface area contributed by atoms with Crippen LogP contribution in [0, 0.1) is 0 Å². The zero-order valence-electron chi connectivity index (χ0n) is 9.11. The fraction of sp³-hybridized carbons (Fsp3) is 0.556. The molecule has 1 aliphatic heterocycles. The highest BCUT2D eigenvalue weighted by Crippen LogP contribution is 2.18. The summed E-state index contributed by atoms with van der Waals surface area (Å²) in [4.78, 5) is 0. The van der Waals surface area contributed by atoms with Crippen LogP contribution in [0.5, 0.6) is 0 Å². The first-order valence-corrected chi connectivity index (χ1v) is 6.44. The molecular weight excluding hydrogens is 268 g/mol. The third kappa shape index (κ3) is 2.99. The van der Waals surface area contributed by atoms with Gasteiger partial charge in [0, 0.05) is 19.6 Å². The van der Waals surface area contributed by atoms with E-state index >= 15 is 0 Å². The van der Waals surface area contributed by atoms with Crippen molar-refractivity contribution in [1.82, 2.24) is 4.31 Å². The van der Waals surface area contributed by atoms with Crippen LogP contribution >= 0.6 is 12.4 Å². The molecule has 2 rings (SSSR count). The first kappa shape index (κ1) is 14.5. The van der Waals surface area contributed by atoms with Gasteiger partial charge in [0.25, 0.3) is 10.0 Å². The molecule has 1 unspecified atom stereocenters. The number of hydrogen-bond acceptors (Lipinski definition) is 5. The third-order valence-electron chi connectivity index (χ3n) is 2.45. The van der Waals surface area contributed by atoms with E-state index in [0.29, 0.717) is 19.7 Å². The molecule has 0 aliphatic carbocycles. The molecule has 2 heterocycles. The average molecular weight is 283 g/mol. The Balaban J connectivity index is 0.00000144. The molecule has 17 heavy (non-hydrogen) atoms. The highest BCUT2D eigenvalue weighted by Gasteiger charge is 2.31. The Morgan fingerprint density at radius 1 is 1.53 bits per heavy atom. The number of furan rings is 1. The topological polar surface area (TPSA) is 85.8 Å². The summed E-state index contributed by atoms with van der Waals surface area (Å²) in [7, 11) is -3.53. The molecule has 1 saturated heterocycles. The number of nitrogens with two attached hydrogens (primary N) is 1. The lowest BCUT2D eigenvalue weighted by molar-refractivity contribution is 0.00413. The van der Waals surface area contributed by atoms with Crippen LogP contribution in [0.25, 0.3) is 0 Å². The first-order chi connectivity index (χ1) is 7.64. The Labute approximate surface area is 106 Å². The lowest BCUT2D eigenvalue weighted by Gasteiger charge is -2.30. The van der Waals surface area contributed by atoms with Gasteiger partial charge in [-0.3, -0.25) is 0 Å². The van der Waals surface area contributed by atoms with Crippen molar-refractivity contribution in [3.63, 3.8) is 0 Å². The Morgan fingerprint density at radius 2 is 2.29 bits per heavy atom. The minimum absolute atomic E-state index is 0. The van der Waals surface area contributed by atoms with Crippen molar-refractivity contribution in [3.8, 4) is 0 Å². The molecule has 2 N–H and O–H groups in total. The van der Waals surface area contributed by atoms with E-state index in [4.69, 9.17) is 14.9 Å². The van der Waals surface area contributed by atoms with Crippen LogP contribution in [-0.4, -0.2) is 45.1 Å². The van der Waals surface area contributed by atoms with Gasteiger partial charge in [0.2, 0.25) is 5.09 Å². The predicted molar refractivity (Wildman–Crippen MR) is 63.5 cm³/mol. The van der Waals surface area contributed by atoms with E-state index in [1.807, 2.05) is 0 Å². The van der Waals surface area contributed by atoms with E-state index in [-0.39, 0.29) is 30.1 Å². The van der Waals surface area contributed by atoms with Crippen LogP contribution in [0.2, 0.25) is 0 Å². The zero-order valence-corrected chi connectivity index (χ0v) is 10.7. The number of halogens is 1.